The molecule has 4 rings (SSSR count). The second-order valence-corrected chi connectivity index (χ2v) is 6.67. The maximum atomic E-state index is 12.8. The van der Waals surface area contributed by atoms with E-state index in [9.17, 15) is 9.90 Å². The van der Waals surface area contributed by atoms with Gasteiger partial charge in [0.25, 0.3) is 11.4 Å². The molecule has 1 aliphatic heterocycles. The van der Waals surface area contributed by atoms with Crippen molar-refractivity contribution in [3.63, 3.8) is 0 Å². The summed E-state index contributed by atoms with van der Waals surface area (Å²) in [6.45, 7) is 2.32. The molecule has 0 saturated carbocycles. The number of fused-ring (bicyclic) bond motifs is 2. The Morgan fingerprint density at radius 3 is 2.76 bits per heavy atom. The molecule has 2 heterocycles. The van der Waals surface area contributed by atoms with E-state index in [4.69, 9.17) is 11.6 Å². The van der Waals surface area contributed by atoms with Crippen LogP contribution in [-0.4, -0.2) is 14.9 Å². The number of halogens is 1. The van der Waals surface area contributed by atoms with Gasteiger partial charge in [0.2, 0.25) is 0 Å². The number of rotatable bonds is 2. The largest absolute Gasteiger partial charge is 0.491 e. The summed E-state index contributed by atoms with van der Waals surface area (Å²) in [6, 6.07) is 13.3. The maximum absolute atomic E-state index is 12.8. The zero-order valence-electron chi connectivity index (χ0n) is 13.6. The lowest BCUT2D eigenvalue weighted by Crippen LogP contribution is -2.29. The minimum Gasteiger partial charge on any atom is -0.491 e. The predicted octanol–water partition coefficient (Wildman–Crippen LogP) is 3.61. The Balaban J connectivity index is 1.75. The lowest BCUT2D eigenvalue weighted by molar-refractivity contribution is 0.425. The molecule has 0 atom stereocenters. The Bertz CT molecular complexity index is 1030. The Labute approximate surface area is 149 Å². The first-order chi connectivity index (χ1) is 12.0. The minimum absolute atomic E-state index is 0.188. The van der Waals surface area contributed by atoms with E-state index in [0.29, 0.717) is 29.2 Å². The molecule has 2 N–H and O–H groups in total. The third-order valence-corrected chi connectivity index (χ3v) is 4.62. The summed E-state index contributed by atoms with van der Waals surface area (Å²) in [4.78, 5) is 12.8. The van der Waals surface area contributed by atoms with Gasteiger partial charge in [0.1, 0.15) is 5.69 Å². The number of nitrogens with zero attached hydrogens (tertiary/aromatic N) is 2. The molecule has 0 bridgehead atoms. The second-order valence-electron chi connectivity index (χ2n) is 6.23. The Hall–Kier alpha value is -2.79. The fourth-order valence-corrected chi connectivity index (χ4v) is 3.19. The maximum Gasteiger partial charge on any atom is 0.272 e. The summed E-state index contributed by atoms with van der Waals surface area (Å²) in [5.74, 6) is -0.188. The summed E-state index contributed by atoms with van der Waals surface area (Å²) in [5, 5.41) is 18.0. The average molecular weight is 354 g/mol. The van der Waals surface area contributed by atoms with Crippen molar-refractivity contribution in [1.29, 1.82) is 0 Å². The molecule has 0 amide bonds. The van der Waals surface area contributed by atoms with Gasteiger partial charge in [-0.3, -0.25) is 4.79 Å². The molecule has 0 radical (unpaired) electrons. The average Bonchev–Trinajstić information content (AvgIpc) is 2.60. The van der Waals surface area contributed by atoms with E-state index in [-0.39, 0.29) is 11.4 Å². The van der Waals surface area contributed by atoms with Gasteiger partial charge in [-0.2, -0.15) is 0 Å². The van der Waals surface area contributed by atoms with E-state index >= 15 is 0 Å². The van der Waals surface area contributed by atoms with Crippen molar-refractivity contribution in [2.75, 3.05) is 5.32 Å². The molecular formula is C19H16ClN3O2. The van der Waals surface area contributed by atoms with Gasteiger partial charge in [-0.15, -0.1) is 5.10 Å². The summed E-state index contributed by atoms with van der Waals surface area (Å²) in [5.41, 5.74) is 4.51. The number of benzene rings is 2. The van der Waals surface area contributed by atoms with Gasteiger partial charge in [-0.05, 0) is 30.2 Å². The van der Waals surface area contributed by atoms with Crippen LogP contribution in [0.25, 0.3) is 0 Å². The molecular weight excluding hydrogens is 338 g/mol. The molecule has 0 unspecified atom stereocenters. The van der Waals surface area contributed by atoms with Crippen molar-refractivity contribution in [2.45, 2.75) is 19.9 Å². The number of hydrogen-bond acceptors (Lipinski definition) is 4. The third-order valence-electron chi connectivity index (χ3n) is 4.39. The van der Waals surface area contributed by atoms with E-state index in [1.54, 1.807) is 12.1 Å². The van der Waals surface area contributed by atoms with Gasteiger partial charge < -0.3 is 10.4 Å². The zero-order valence-corrected chi connectivity index (χ0v) is 14.3. The van der Waals surface area contributed by atoms with E-state index in [1.165, 1.54) is 4.68 Å². The van der Waals surface area contributed by atoms with Crippen LogP contribution in [0.5, 0.6) is 5.88 Å². The van der Waals surface area contributed by atoms with Crippen LogP contribution in [0.1, 0.15) is 22.3 Å². The van der Waals surface area contributed by atoms with E-state index in [2.05, 4.69) is 10.4 Å². The summed E-state index contributed by atoms with van der Waals surface area (Å²) >= 11 is 6.02. The first kappa shape index (κ1) is 15.7. The Morgan fingerprint density at radius 2 is 2.00 bits per heavy atom. The molecule has 1 aliphatic rings. The highest BCUT2D eigenvalue weighted by atomic mass is 35.5. The summed E-state index contributed by atoms with van der Waals surface area (Å²) in [7, 11) is 0. The highest BCUT2D eigenvalue weighted by molar-refractivity contribution is 6.30. The number of aromatic nitrogens is 2. The van der Waals surface area contributed by atoms with Gasteiger partial charge >= 0.3 is 0 Å². The van der Waals surface area contributed by atoms with Crippen molar-refractivity contribution < 1.29 is 5.11 Å². The first-order valence-electron chi connectivity index (χ1n) is 7.95. The molecule has 1 aromatic heterocycles. The van der Waals surface area contributed by atoms with Crippen LogP contribution >= 0.6 is 11.6 Å². The molecule has 25 heavy (non-hydrogen) atoms. The zero-order chi connectivity index (χ0) is 17.6. The fourth-order valence-electron chi connectivity index (χ4n) is 3.02. The number of aromatic hydroxyl groups is 1. The highest BCUT2D eigenvalue weighted by Crippen LogP contribution is 2.36. The lowest BCUT2D eigenvalue weighted by atomic mass is 9.99. The quantitative estimate of drug-likeness (QED) is 0.577. The van der Waals surface area contributed by atoms with Crippen LogP contribution in [0.15, 0.2) is 47.3 Å². The van der Waals surface area contributed by atoms with Crippen molar-refractivity contribution in [3.05, 3.63) is 80.1 Å². The Kier molecular flexibility index (Phi) is 3.73. The van der Waals surface area contributed by atoms with Crippen LogP contribution < -0.4 is 10.9 Å². The van der Waals surface area contributed by atoms with Crippen LogP contribution in [0.4, 0.5) is 11.4 Å². The molecule has 5 nitrogen and oxygen atoms in total. The van der Waals surface area contributed by atoms with Crippen LogP contribution in [0.3, 0.4) is 0 Å². The molecule has 2 aromatic carbocycles. The number of nitrogens with one attached hydrogen (secondary N) is 1. The monoisotopic (exact) mass is 353 g/mol. The van der Waals surface area contributed by atoms with Gasteiger partial charge in [0.05, 0.1) is 12.1 Å². The highest BCUT2D eigenvalue weighted by Gasteiger charge is 2.23. The van der Waals surface area contributed by atoms with Crippen molar-refractivity contribution >= 4 is 23.0 Å². The van der Waals surface area contributed by atoms with Gasteiger partial charge in [0.15, 0.2) is 0 Å². The predicted molar refractivity (Wildman–Crippen MR) is 98.0 cm³/mol. The molecule has 6 heteroatoms. The topological polar surface area (TPSA) is 67.1 Å². The standard InChI is InChI=1S/C19H16ClN3O2/c1-11-2-4-12(5-3-11)10-23-19(25)15-8-13-6-7-14(20)9-16(13)21-17(15)18(24)22-23/h2-7,9,21H,8,10H2,1H3,(H,22,24). The van der Waals surface area contributed by atoms with Crippen LogP contribution in [-0.2, 0) is 13.0 Å². The third kappa shape index (κ3) is 2.87. The number of aryl methyl sites for hydroxylation is 1. The lowest BCUT2D eigenvalue weighted by Gasteiger charge is -2.22. The molecule has 3 aromatic rings. The molecule has 126 valence electrons. The first-order valence-corrected chi connectivity index (χ1v) is 8.33. The molecule has 0 saturated heterocycles. The van der Waals surface area contributed by atoms with E-state index in [1.807, 2.05) is 37.3 Å². The smallest absolute Gasteiger partial charge is 0.272 e. The van der Waals surface area contributed by atoms with Gasteiger partial charge in [-0.25, -0.2) is 4.68 Å². The Morgan fingerprint density at radius 1 is 1.24 bits per heavy atom. The normalized spacial score (nSPS) is 12.2. The molecule has 0 aliphatic carbocycles. The van der Waals surface area contributed by atoms with Crippen LogP contribution in [0.2, 0.25) is 5.02 Å². The minimum atomic E-state index is -0.207. The van der Waals surface area contributed by atoms with Crippen molar-refractivity contribution in [2.24, 2.45) is 0 Å². The van der Waals surface area contributed by atoms with Gasteiger partial charge in [0, 0.05) is 17.1 Å². The molecule has 0 spiro atoms. The van der Waals surface area contributed by atoms with Crippen molar-refractivity contribution in [3.8, 4) is 5.88 Å². The molecule has 0 fully saturated rings. The fraction of sp³-hybridized carbons (Fsp3) is 0.158. The summed E-state index contributed by atoms with van der Waals surface area (Å²) < 4.78 is 1.31. The number of hydrogen-bond donors (Lipinski definition) is 2. The van der Waals surface area contributed by atoms with Crippen molar-refractivity contribution in [1.82, 2.24) is 9.78 Å². The SMILES string of the molecule is Cc1ccc(Cn2nc(O)c3c(c2=O)Cc2ccc(Cl)cc2N3)cc1. The van der Waals surface area contributed by atoms with E-state index < -0.39 is 0 Å². The second kappa shape index (κ2) is 5.93. The van der Waals surface area contributed by atoms with Crippen LogP contribution in [0, 0.1) is 6.92 Å². The number of anilines is 2. The van der Waals surface area contributed by atoms with Gasteiger partial charge in [-0.1, -0.05) is 47.5 Å². The summed E-state index contributed by atoms with van der Waals surface area (Å²) in [6.07, 6.45) is 0.428. The van der Waals surface area contributed by atoms with E-state index in [0.717, 1.165) is 22.4 Å².